The molecule has 0 aromatic heterocycles. The summed E-state index contributed by atoms with van der Waals surface area (Å²) in [5.41, 5.74) is 6.54. The van der Waals surface area contributed by atoms with Gasteiger partial charge in [0.2, 0.25) is 0 Å². The molecule has 1 aromatic rings. The standard InChI is InChI=1S/C11H15F2N/c1-7-5-9(8(2)3-4-14)11(13)10(12)6-7/h5-6,8H,3-4,14H2,1-2H3. The summed E-state index contributed by atoms with van der Waals surface area (Å²) in [6, 6.07) is 2.88. The van der Waals surface area contributed by atoms with E-state index in [0.717, 1.165) is 5.56 Å². The Morgan fingerprint density at radius 1 is 1.36 bits per heavy atom. The highest BCUT2D eigenvalue weighted by Gasteiger charge is 2.14. The second-order valence-electron chi connectivity index (χ2n) is 3.63. The van der Waals surface area contributed by atoms with Gasteiger partial charge < -0.3 is 5.73 Å². The molecule has 0 aliphatic heterocycles. The molecule has 14 heavy (non-hydrogen) atoms. The van der Waals surface area contributed by atoms with E-state index >= 15 is 0 Å². The first kappa shape index (κ1) is 11.1. The molecule has 1 atom stereocenters. The highest BCUT2D eigenvalue weighted by Crippen LogP contribution is 2.24. The van der Waals surface area contributed by atoms with Crippen molar-refractivity contribution in [2.45, 2.75) is 26.2 Å². The number of rotatable bonds is 3. The van der Waals surface area contributed by atoms with Crippen LogP contribution < -0.4 is 5.73 Å². The predicted molar refractivity (Wildman–Crippen MR) is 53.2 cm³/mol. The molecule has 0 bridgehead atoms. The van der Waals surface area contributed by atoms with Gasteiger partial charge in [0.15, 0.2) is 11.6 Å². The Hall–Kier alpha value is -0.960. The lowest BCUT2D eigenvalue weighted by molar-refractivity contribution is 0.486. The molecule has 0 saturated carbocycles. The first-order valence-corrected chi connectivity index (χ1v) is 4.72. The largest absolute Gasteiger partial charge is 0.330 e. The predicted octanol–water partition coefficient (Wildman–Crippen LogP) is 2.73. The van der Waals surface area contributed by atoms with Gasteiger partial charge >= 0.3 is 0 Å². The van der Waals surface area contributed by atoms with Crippen molar-refractivity contribution in [2.75, 3.05) is 6.54 Å². The van der Waals surface area contributed by atoms with Crippen LogP contribution in [0.15, 0.2) is 12.1 Å². The summed E-state index contributed by atoms with van der Waals surface area (Å²) in [6.45, 7) is 4.08. The molecule has 3 heteroatoms. The van der Waals surface area contributed by atoms with Gasteiger partial charge in [0, 0.05) is 0 Å². The van der Waals surface area contributed by atoms with Crippen LogP contribution in [0.5, 0.6) is 0 Å². The van der Waals surface area contributed by atoms with Crippen molar-refractivity contribution in [1.29, 1.82) is 0 Å². The van der Waals surface area contributed by atoms with Crippen LogP contribution in [-0.2, 0) is 0 Å². The average Bonchev–Trinajstić information content (AvgIpc) is 2.11. The van der Waals surface area contributed by atoms with E-state index in [1.807, 2.05) is 6.92 Å². The molecule has 2 N–H and O–H groups in total. The molecule has 1 nitrogen and oxygen atoms in total. The minimum Gasteiger partial charge on any atom is -0.330 e. The van der Waals surface area contributed by atoms with Gasteiger partial charge in [-0.2, -0.15) is 0 Å². The van der Waals surface area contributed by atoms with E-state index in [1.165, 1.54) is 6.07 Å². The summed E-state index contributed by atoms with van der Waals surface area (Å²) in [5.74, 6) is -1.55. The summed E-state index contributed by atoms with van der Waals surface area (Å²) in [5, 5.41) is 0. The molecule has 1 rings (SSSR count). The highest BCUT2D eigenvalue weighted by molar-refractivity contribution is 5.28. The molecule has 0 spiro atoms. The Labute approximate surface area is 82.9 Å². The Balaban J connectivity index is 3.07. The Morgan fingerprint density at radius 3 is 2.57 bits per heavy atom. The smallest absolute Gasteiger partial charge is 0.162 e. The van der Waals surface area contributed by atoms with Gasteiger partial charge in [0.1, 0.15) is 0 Å². The van der Waals surface area contributed by atoms with Gasteiger partial charge in [-0.3, -0.25) is 0 Å². The molecule has 0 radical (unpaired) electrons. The summed E-state index contributed by atoms with van der Waals surface area (Å²) in [7, 11) is 0. The fraction of sp³-hybridized carbons (Fsp3) is 0.455. The molecule has 1 aromatic carbocycles. The lowest BCUT2D eigenvalue weighted by Crippen LogP contribution is -2.07. The number of hydrogen-bond donors (Lipinski definition) is 1. The fourth-order valence-corrected chi connectivity index (χ4v) is 1.52. The van der Waals surface area contributed by atoms with Crippen molar-refractivity contribution in [3.05, 3.63) is 34.9 Å². The topological polar surface area (TPSA) is 26.0 Å². The third kappa shape index (κ3) is 2.29. The Kier molecular flexibility index (Phi) is 3.58. The van der Waals surface area contributed by atoms with Crippen LogP contribution in [0.4, 0.5) is 8.78 Å². The number of benzene rings is 1. The van der Waals surface area contributed by atoms with E-state index in [0.29, 0.717) is 18.5 Å². The molecule has 78 valence electrons. The number of halogens is 2. The average molecular weight is 199 g/mol. The maximum absolute atomic E-state index is 13.3. The van der Waals surface area contributed by atoms with Crippen LogP contribution in [0, 0.1) is 18.6 Å². The summed E-state index contributed by atoms with van der Waals surface area (Å²) >= 11 is 0. The zero-order valence-corrected chi connectivity index (χ0v) is 8.48. The van der Waals surface area contributed by atoms with Crippen molar-refractivity contribution >= 4 is 0 Å². The molecular weight excluding hydrogens is 184 g/mol. The SMILES string of the molecule is Cc1cc(F)c(F)c(C(C)CCN)c1. The van der Waals surface area contributed by atoms with Crippen LogP contribution in [-0.4, -0.2) is 6.54 Å². The first-order chi connectivity index (χ1) is 6.56. The number of nitrogens with two attached hydrogens (primary N) is 1. The normalized spacial score (nSPS) is 12.9. The van der Waals surface area contributed by atoms with Gasteiger partial charge in [-0.1, -0.05) is 13.0 Å². The molecule has 0 aliphatic carbocycles. The lowest BCUT2D eigenvalue weighted by atomic mass is 9.95. The van der Waals surface area contributed by atoms with E-state index in [9.17, 15) is 8.78 Å². The van der Waals surface area contributed by atoms with Gasteiger partial charge in [0.05, 0.1) is 0 Å². The van der Waals surface area contributed by atoms with Gasteiger partial charge in [0.25, 0.3) is 0 Å². The molecule has 0 saturated heterocycles. The van der Waals surface area contributed by atoms with Crippen LogP contribution >= 0.6 is 0 Å². The second kappa shape index (κ2) is 4.51. The number of hydrogen-bond acceptors (Lipinski definition) is 1. The van der Waals surface area contributed by atoms with E-state index in [2.05, 4.69) is 0 Å². The Bertz CT molecular complexity index is 323. The van der Waals surface area contributed by atoms with E-state index < -0.39 is 11.6 Å². The maximum atomic E-state index is 13.3. The van der Waals surface area contributed by atoms with Crippen molar-refractivity contribution < 1.29 is 8.78 Å². The van der Waals surface area contributed by atoms with Gasteiger partial charge in [-0.15, -0.1) is 0 Å². The van der Waals surface area contributed by atoms with Crippen LogP contribution in [0.3, 0.4) is 0 Å². The third-order valence-corrected chi connectivity index (χ3v) is 2.33. The van der Waals surface area contributed by atoms with Crippen molar-refractivity contribution in [2.24, 2.45) is 5.73 Å². The minimum absolute atomic E-state index is 0.0330. The highest BCUT2D eigenvalue weighted by atomic mass is 19.2. The molecule has 0 aliphatic rings. The van der Waals surface area contributed by atoms with Gasteiger partial charge in [-0.25, -0.2) is 8.78 Å². The van der Waals surface area contributed by atoms with Crippen LogP contribution in [0.2, 0.25) is 0 Å². The zero-order valence-electron chi connectivity index (χ0n) is 8.48. The minimum atomic E-state index is -0.774. The van der Waals surface area contributed by atoms with E-state index in [1.54, 1.807) is 13.0 Å². The van der Waals surface area contributed by atoms with Crippen molar-refractivity contribution in [3.8, 4) is 0 Å². The quantitative estimate of drug-likeness (QED) is 0.795. The summed E-state index contributed by atoms with van der Waals surface area (Å²) < 4.78 is 26.4. The molecule has 0 heterocycles. The Morgan fingerprint density at radius 2 is 2.00 bits per heavy atom. The maximum Gasteiger partial charge on any atom is 0.162 e. The molecule has 1 unspecified atom stereocenters. The van der Waals surface area contributed by atoms with E-state index in [-0.39, 0.29) is 5.92 Å². The molecule has 0 amide bonds. The molecular formula is C11H15F2N. The lowest BCUT2D eigenvalue weighted by Gasteiger charge is -2.12. The first-order valence-electron chi connectivity index (χ1n) is 4.72. The number of aryl methyl sites for hydroxylation is 1. The summed E-state index contributed by atoms with van der Waals surface area (Å²) in [4.78, 5) is 0. The van der Waals surface area contributed by atoms with Crippen molar-refractivity contribution in [3.63, 3.8) is 0 Å². The fourth-order valence-electron chi connectivity index (χ4n) is 1.52. The zero-order chi connectivity index (χ0) is 10.7. The summed E-state index contributed by atoms with van der Waals surface area (Å²) in [6.07, 6.45) is 0.666. The molecule has 0 fully saturated rings. The second-order valence-corrected chi connectivity index (χ2v) is 3.63. The van der Waals surface area contributed by atoms with Crippen LogP contribution in [0.25, 0.3) is 0 Å². The van der Waals surface area contributed by atoms with Crippen molar-refractivity contribution in [1.82, 2.24) is 0 Å². The van der Waals surface area contributed by atoms with Gasteiger partial charge in [-0.05, 0) is 43.0 Å². The monoisotopic (exact) mass is 199 g/mol. The van der Waals surface area contributed by atoms with E-state index in [4.69, 9.17) is 5.73 Å². The van der Waals surface area contributed by atoms with Crippen LogP contribution in [0.1, 0.15) is 30.4 Å². The third-order valence-electron chi connectivity index (χ3n) is 2.33.